The highest BCUT2D eigenvalue weighted by Crippen LogP contribution is 2.49. The Kier molecular flexibility index (Phi) is 4.62. The molecule has 0 aliphatic carbocycles. The van der Waals surface area contributed by atoms with Crippen LogP contribution in [0.2, 0.25) is 0 Å². The molecule has 1 fully saturated rings. The van der Waals surface area contributed by atoms with E-state index in [2.05, 4.69) is 10.1 Å². The van der Waals surface area contributed by atoms with Crippen molar-refractivity contribution in [1.29, 1.82) is 0 Å². The van der Waals surface area contributed by atoms with Crippen LogP contribution < -0.4 is 9.47 Å². The van der Waals surface area contributed by atoms with Gasteiger partial charge in [-0.1, -0.05) is 11.2 Å². The van der Waals surface area contributed by atoms with Crippen LogP contribution >= 0.6 is 0 Å². The largest absolute Gasteiger partial charge is 0.495 e. The van der Waals surface area contributed by atoms with E-state index in [4.69, 9.17) is 14.3 Å². The normalized spacial score (nSPS) is 21.8. The minimum Gasteiger partial charge on any atom is -0.495 e. The van der Waals surface area contributed by atoms with Crippen LogP contribution in [0.15, 0.2) is 53.6 Å². The Labute approximate surface area is 194 Å². The van der Waals surface area contributed by atoms with Crippen LogP contribution in [0.4, 0.5) is 8.78 Å². The molecular formula is C25H22F2N4O3. The van der Waals surface area contributed by atoms with Gasteiger partial charge in [-0.05, 0) is 49.1 Å². The number of piperidine rings is 1. The van der Waals surface area contributed by atoms with E-state index < -0.39 is 17.4 Å². The van der Waals surface area contributed by atoms with Crippen molar-refractivity contribution >= 4 is 11.9 Å². The SMILES string of the molecule is COc1cc(C=C2CCCN3C2=NOC32COc3cc(F)cc(F)c32)ccc1-n1cnc(C)c1. The summed E-state index contributed by atoms with van der Waals surface area (Å²) in [5.74, 6) is 0.118. The lowest BCUT2D eigenvalue weighted by atomic mass is 9.95. The Morgan fingerprint density at radius 1 is 1.21 bits per heavy atom. The van der Waals surface area contributed by atoms with Crippen molar-refractivity contribution in [1.82, 2.24) is 14.5 Å². The maximum Gasteiger partial charge on any atom is 0.277 e. The molecule has 3 aliphatic rings. The predicted octanol–water partition coefficient (Wildman–Crippen LogP) is 4.54. The topological polar surface area (TPSA) is 61.1 Å². The van der Waals surface area contributed by atoms with Crippen LogP contribution in [0.3, 0.4) is 0 Å². The predicted molar refractivity (Wildman–Crippen MR) is 121 cm³/mol. The number of aryl methyl sites for hydroxylation is 1. The number of hydrogen-bond acceptors (Lipinski definition) is 6. The summed E-state index contributed by atoms with van der Waals surface area (Å²) < 4.78 is 41.7. The smallest absolute Gasteiger partial charge is 0.277 e. The van der Waals surface area contributed by atoms with Gasteiger partial charge in [-0.2, -0.15) is 0 Å². The number of ether oxygens (including phenoxy) is 2. The molecule has 7 nitrogen and oxygen atoms in total. The van der Waals surface area contributed by atoms with Gasteiger partial charge in [0.15, 0.2) is 12.4 Å². The van der Waals surface area contributed by atoms with Crippen LogP contribution in [0.5, 0.6) is 11.5 Å². The van der Waals surface area contributed by atoms with Gasteiger partial charge in [0.05, 0.1) is 24.8 Å². The van der Waals surface area contributed by atoms with Crippen molar-refractivity contribution in [2.24, 2.45) is 5.16 Å². The molecule has 3 aliphatic heterocycles. The molecule has 3 aromatic rings. The summed E-state index contributed by atoms with van der Waals surface area (Å²) in [6.07, 6.45) is 7.35. The van der Waals surface area contributed by atoms with Gasteiger partial charge in [0, 0.05) is 24.9 Å². The molecule has 34 heavy (non-hydrogen) atoms. The van der Waals surface area contributed by atoms with Crippen LogP contribution in [-0.2, 0) is 10.6 Å². The molecule has 0 amide bonds. The molecule has 0 N–H and O–H groups in total. The molecule has 0 bridgehead atoms. The van der Waals surface area contributed by atoms with Gasteiger partial charge >= 0.3 is 0 Å². The molecular weight excluding hydrogens is 442 g/mol. The molecule has 0 saturated carbocycles. The van der Waals surface area contributed by atoms with Crippen LogP contribution in [0, 0.1) is 18.6 Å². The quantitative estimate of drug-likeness (QED) is 0.570. The zero-order valence-electron chi connectivity index (χ0n) is 18.7. The molecule has 1 saturated heterocycles. The van der Waals surface area contributed by atoms with Crippen molar-refractivity contribution in [2.45, 2.75) is 25.5 Å². The molecule has 1 aromatic heterocycles. The highest BCUT2D eigenvalue weighted by molar-refractivity contribution is 6.03. The van der Waals surface area contributed by atoms with E-state index in [1.54, 1.807) is 13.4 Å². The Hall–Kier alpha value is -3.88. The lowest BCUT2D eigenvalue weighted by molar-refractivity contribution is -0.116. The van der Waals surface area contributed by atoms with Gasteiger partial charge in [0.25, 0.3) is 5.72 Å². The molecule has 1 atom stereocenters. The molecule has 6 rings (SSSR count). The molecule has 9 heteroatoms. The third-order valence-corrected chi connectivity index (χ3v) is 6.46. The molecule has 1 spiro atoms. The summed E-state index contributed by atoms with van der Waals surface area (Å²) in [6.45, 7) is 2.59. The summed E-state index contributed by atoms with van der Waals surface area (Å²) in [5, 5.41) is 4.33. The number of halogens is 2. The monoisotopic (exact) mass is 464 g/mol. The van der Waals surface area contributed by atoms with E-state index >= 15 is 0 Å². The number of fused-ring (bicyclic) bond motifs is 4. The van der Waals surface area contributed by atoms with E-state index in [1.807, 2.05) is 46.9 Å². The number of benzene rings is 2. The van der Waals surface area contributed by atoms with Crippen molar-refractivity contribution in [2.75, 3.05) is 20.3 Å². The summed E-state index contributed by atoms with van der Waals surface area (Å²) >= 11 is 0. The van der Waals surface area contributed by atoms with E-state index in [9.17, 15) is 8.78 Å². The Balaban J connectivity index is 1.34. The third-order valence-electron chi connectivity index (χ3n) is 6.46. The van der Waals surface area contributed by atoms with Gasteiger partial charge in [-0.25, -0.2) is 13.8 Å². The maximum atomic E-state index is 14.8. The highest BCUT2D eigenvalue weighted by atomic mass is 19.1. The maximum absolute atomic E-state index is 14.8. The number of methoxy groups -OCH3 is 1. The first-order valence-corrected chi connectivity index (χ1v) is 11.0. The number of amidine groups is 1. The van der Waals surface area contributed by atoms with Crippen LogP contribution in [-0.4, -0.2) is 40.5 Å². The summed E-state index contributed by atoms with van der Waals surface area (Å²) in [4.78, 5) is 12.0. The van der Waals surface area contributed by atoms with E-state index in [-0.39, 0.29) is 17.9 Å². The number of hydrogen-bond donors (Lipinski definition) is 0. The first-order chi connectivity index (χ1) is 16.5. The average Bonchev–Trinajstić information content (AvgIpc) is 3.52. The Morgan fingerprint density at radius 3 is 2.88 bits per heavy atom. The molecule has 1 unspecified atom stereocenters. The molecule has 4 heterocycles. The van der Waals surface area contributed by atoms with Crippen LogP contribution in [0.1, 0.15) is 29.7 Å². The lowest BCUT2D eigenvalue weighted by Gasteiger charge is -2.36. The number of imidazole rings is 1. The summed E-state index contributed by atoms with van der Waals surface area (Å²) in [5.41, 5.74) is 2.68. The number of rotatable bonds is 3. The average molecular weight is 464 g/mol. The number of nitrogens with zero attached hydrogens (tertiary/aromatic N) is 4. The van der Waals surface area contributed by atoms with Crippen molar-refractivity contribution in [3.8, 4) is 17.2 Å². The fourth-order valence-corrected chi connectivity index (χ4v) is 4.91. The second kappa shape index (κ2) is 7.58. The molecule has 2 aromatic carbocycles. The molecule has 174 valence electrons. The van der Waals surface area contributed by atoms with Crippen molar-refractivity contribution in [3.63, 3.8) is 0 Å². The first-order valence-electron chi connectivity index (χ1n) is 11.0. The van der Waals surface area contributed by atoms with Crippen LogP contribution in [0.25, 0.3) is 11.8 Å². The van der Waals surface area contributed by atoms with E-state index in [1.165, 1.54) is 6.07 Å². The standard InChI is InChI=1S/C25H22F2N4O3/c1-15-12-30(14-28-15)20-6-5-16(9-21(20)32-2)8-17-4-3-7-31-24(17)29-34-25(31)13-33-22-11-18(26)10-19(27)23(22)25/h5-6,8-12,14H,3-4,7,13H2,1-2H3. The van der Waals surface area contributed by atoms with E-state index in [0.29, 0.717) is 18.1 Å². The zero-order valence-corrected chi connectivity index (χ0v) is 18.7. The highest BCUT2D eigenvalue weighted by Gasteiger charge is 2.56. The fourth-order valence-electron chi connectivity index (χ4n) is 4.91. The Bertz CT molecular complexity index is 1370. The van der Waals surface area contributed by atoms with Gasteiger partial charge in [-0.15, -0.1) is 0 Å². The van der Waals surface area contributed by atoms with E-state index in [0.717, 1.165) is 41.4 Å². The first kappa shape index (κ1) is 20.7. The second-order valence-electron chi connectivity index (χ2n) is 8.62. The van der Waals surface area contributed by atoms with Gasteiger partial charge in [0.2, 0.25) is 0 Å². The summed E-state index contributed by atoms with van der Waals surface area (Å²) in [7, 11) is 1.63. The third kappa shape index (κ3) is 3.07. The fraction of sp³-hybridized carbons (Fsp3) is 0.280. The second-order valence-corrected chi connectivity index (χ2v) is 8.62. The Morgan fingerprint density at radius 2 is 2.09 bits per heavy atom. The molecule has 0 radical (unpaired) electrons. The lowest BCUT2D eigenvalue weighted by Crippen LogP contribution is -2.50. The number of aromatic nitrogens is 2. The van der Waals surface area contributed by atoms with Crippen molar-refractivity contribution < 1.29 is 23.1 Å². The van der Waals surface area contributed by atoms with Gasteiger partial charge in [0.1, 0.15) is 28.7 Å². The van der Waals surface area contributed by atoms with Gasteiger partial charge in [-0.3, -0.25) is 0 Å². The van der Waals surface area contributed by atoms with Gasteiger partial charge < -0.3 is 23.8 Å². The minimum atomic E-state index is -1.22. The number of oxime groups is 1. The minimum absolute atomic E-state index is 0.0375. The van der Waals surface area contributed by atoms with Crippen molar-refractivity contribution in [3.05, 3.63) is 76.9 Å². The zero-order chi connectivity index (χ0) is 23.4. The summed E-state index contributed by atoms with van der Waals surface area (Å²) in [6, 6.07) is 7.98.